The van der Waals surface area contributed by atoms with Gasteiger partial charge in [-0.3, -0.25) is 0 Å². The Kier molecular flexibility index (Phi) is 10.4. The Balaban J connectivity index is 1.33. The van der Waals surface area contributed by atoms with Crippen LogP contribution >= 0.6 is 0 Å². The quantitative estimate of drug-likeness (QED) is 0.0976. The minimum Gasteiger partial charge on any atom is -0.458 e. The van der Waals surface area contributed by atoms with Crippen LogP contribution in [0.15, 0.2) is 122 Å². The van der Waals surface area contributed by atoms with Gasteiger partial charge in [-0.25, -0.2) is 19.2 Å². The number of rotatable bonds is 12. The first kappa shape index (κ1) is 32.2. The molecule has 228 valence electrons. The lowest BCUT2D eigenvalue weighted by Crippen LogP contribution is -2.19. The number of ether oxygens (including phenoxy) is 4. The van der Waals surface area contributed by atoms with E-state index < -0.39 is 29.3 Å². The van der Waals surface area contributed by atoms with Crippen molar-refractivity contribution in [3.05, 3.63) is 156 Å². The Morgan fingerprint density at radius 2 is 0.889 bits per heavy atom. The van der Waals surface area contributed by atoms with Crippen LogP contribution < -0.4 is 9.47 Å². The third-order valence-corrected chi connectivity index (χ3v) is 7.05. The van der Waals surface area contributed by atoms with Crippen molar-refractivity contribution in [2.45, 2.75) is 32.5 Å². The number of hydrogen-bond acceptors (Lipinski definition) is 8. The predicted molar refractivity (Wildman–Crippen MR) is 168 cm³/mol. The minimum absolute atomic E-state index is 0.0822. The maximum atomic E-state index is 12.6. The molecule has 0 spiro atoms. The van der Waals surface area contributed by atoms with Gasteiger partial charge in [0.25, 0.3) is 0 Å². The number of hydrogen-bond donors (Lipinski definition) is 0. The normalized spacial score (nSPS) is 10.7. The highest BCUT2D eigenvalue weighted by Crippen LogP contribution is 2.33. The molecule has 0 saturated carbocycles. The van der Waals surface area contributed by atoms with E-state index in [0.717, 1.165) is 34.4 Å². The lowest BCUT2D eigenvalue weighted by atomic mass is 9.78. The van der Waals surface area contributed by atoms with Gasteiger partial charge in [0.05, 0.1) is 11.1 Å². The van der Waals surface area contributed by atoms with Crippen molar-refractivity contribution in [3.8, 4) is 11.5 Å². The lowest BCUT2D eigenvalue weighted by Gasteiger charge is -2.26. The molecule has 0 aromatic heterocycles. The van der Waals surface area contributed by atoms with E-state index in [2.05, 4.69) is 27.0 Å². The summed E-state index contributed by atoms with van der Waals surface area (Å²) in [5.74, 6) is -1.25. The summed E-state index contributed by atoms with van der Waals surface area (Å²) >= 11 is 0. The molecule has 4 aromatic rings. The highest BCUT2D eigenvalue weighted by atomic mass is 16.5. The second-order valence-electron chi connectivity index (χ2n) is 10.5. The standard InChI is InChI=1S/C37H32O8/c1-5-33(38)42-23-25-7-11-27(12-8-25)35(40)44-31-19-15-29(16-20-31)37(3,4)30-17-21-32(22-18-30)45-36(41)28-13-9-26(10-14-28)24-43-34(39)6-2/h5-22H,1-2,23-24H2,3-4H3. The van der Waals surface area contributed by atoms with Crippen molar-refractivity contribution in [1.82, 2.24) is 0 Å². The van der Waals surface area contributed by atoms with Gasteiger partial charge >= 0.3 is 23.9 Å². The molecule has 4 rings (SSSR count). The molecular weight excluding hydrogens is 572 g/mol. The topological polar surface area (TPSA) is 105 Å². The van der Waals surface area contributed by atoms with Crippen molar-refractivity contribution in [3.63, 3.8) is 0 Å². The lowest BCUT2D eigenvalue weighted by molar-refractivity contribution is -0.139. The van der Waals surface area contributed by atoms with Gasteiger partial charge in [-0.2, -0.15) is 0 Å². The van der Waals surface area contributed by atoms with E-state index in [9.17, 15) is 19.2 Å². The van der Waals surface area contributed by atoms with Gasteiger partial charge in [0.15, 0.2) is 0 Å². The van der Waals surface area contributed by atoms with Crippen molar-refractivity contribution >= 4 is 23.9 Å². The van der Waals surface area contributed by atoms with Gasteiger partial charge in [0, 0.05) is 17.6 Å². The monoisotopic (exact) mass is 604 g/mol. The largest absolute Gasteiger partial charge is 0.458 e. The summed E-state index contributed by atoms with van der Waals surface area (Å²) in [7, 11) is 0. The average molecular weight is 605 g/mol. The Morgan fingerprint density at radius 3 is 1.20 bits per heavy atom. The van der Waals surface area contributed by atoms with Crippen molar-refractivity contribution in [2.24, 2.45) is 0 Å². The molecular formula is C37H32O8. The fourth-order valence-electron chi connectivity index (χ4n) is 4.28. The molecule has 4 aromatic carbocycles. The molecule has 0 unspecified atom stereocenters. The smallest absolute Gasteiger partial charge is 0.343 e. The summed E-state index contributed by atoms with van der Waals surface area (Å²) < 4.78 is 21.1. The minimum atomic E-state index is -0.519. The maximum Gasteiger partial charge on any atom is 0.343 e. The van der Waals surface area contributed by atoms with Gasteiger partial charge in [-0.1, -0.05) is 75.5 Å². The Hall–Kier alpha value is -5.76. The molecule has 0 fully saturated rings. The highest BCUT2D eigenvalue weighted by Gasteiger charge is 2.24. The fourth-order valence-corrected chi connectivity index (χ4v) is 4.28. The van der Waals surface area contributed by atoms with E-state index in [4.69, 9.17) is 18.9 Å². The van der Waals surface area contributed by atoms with Crippen molar-refractivity contribution < 1.29 is 38.1 Å². The number of carbonyl (C=O) groups is 4. The van der Waals surface area contributed by atoms with Crippen LogP contribution in [0.1, 0.15) is 56.8 Å². The Labute approximate surface area is 261 Å². The zero-order valence-electron chi connectivity index (χ0n) is 25.0. The number of esters is 4. The number of carbonyl (C=O) groups excluding carboxylic acids is 4. The molecule has 0 N–H and O–H groups in total. The third-order valence-electron chi connectivity index (χ3n) is 7.05. The molecule has 0 radical (unpaired) electrons. The maximum absolute atomic E-state index is 12.6. The van der Waals surface area contributed by atoms with Crippen LogP contribution in [0.5, 0.6) is 11.5 Å². The molecule has 8 nitrogen and oxygen atoms in total. The van der Waals surface area contributed by atoms with Crippen LogP contribution in [0.25, 0.3) is 0 Å². The second-order valence-corrected chi connectivity index (χ2v) is 10.5. The molecule has 0 heterocycles. The zero-order valence-corrected chi connectivity index (χ0v) is 25.0. The summed E-state index contributed by atoms with van der Waals surface area (Å²) in [5, 5.41) is 0. The molecule has 0 amide bonds. The first-order valence-corrected chi connectivity index (χ1v) is 14.0. The second kappa shape index (κ2) is 14.6. The molecule has 0 aliphatic carbocycles. The average Bonchev–Trinajstić information content (AvgIpc) is 3.07. The zero-order chi connectivity index (χ0) is 32.4. The van der Waals surface area contributed by atoms with Crippen LogP contribution in [0.3, 0.4) is 0 Å². The first-order valence-electron chi connectivity index (χ1n) is 14.0. The van der Waals surface area contributed by atoms with Gasteiger partial charge in [0.2, 0.25) is 0 Å². The summed E-state index contributed by atoms with van der Waals surface area (Å²) in [5.41, 5.74) is 3.77. The van der Waals surface area contributed by atoms with Gasteiger partial charge in [-0.15, -0.1) is 0 Å². The van der Waals surface area contributed by atoms with Gasteiger partial charge in [0.1, 0.15) is 24.7 Å². The van der Waals surface area contributed by atoms with E-state index in [1.54, 1.807) is 72.8 Å². The van der Waals surface area contributed by atoms with Crippen LogP contribution in [0.2, 0.25) is 0 Å². The van der Waals surface area contributed by atoms with Crippen molar-refractivity contribution in [2.75, 3.05) is 0 Å². The van der Waals surface area contributed by atoms with E-state index >= 15 is 0 Å². The van der Waals surface area contributed by atoms with Crippen molar-refractivity contribution in [1.29, 1.82) is 0 Å². The molecule has 45 heavy (non-hydrogen) atoms. The molecule has 0 aliphatic rings. The van der Waals surface area contributed by atoms with Crippen LogP contribution in [0, 0.1) is 0 Å². The van der Waals surface area contributed by atoms with Crippen LogP contribution in [0.4, 0.5) is 0 Å². The SMILES string of the molecule is C=CC(=O)OCc1ccc(C(=O)Oc2ccc(C(C)(C)c3ccc(OC(=O)c4ccc(COC(=O)C=C)cc4)cc3)cc2)cc1. The van der Waals surface area contributed by atoms with Gasteiger partial charge in [-0.05, 0) is 70.8 Å². The Bertz CT molecular complexity index is 1550. The Morgan fingerprint density at radius 1 is 0.556 bits per heavy atom. The van der Waals surface area contributed by atoms with E-state index in [1.807, 2.05) is 24.3 Å². The molecule has 0 atom stereocenters. The fraction of sp³-hybridized carbons (Fsp3) is 0.135. The van der Waals surface area contributed by atoms with Gasteiger partial charge < -0.3 is 18.9 Å². The van der Waals surface area contributed by atoms with E-state index in [1.165, 1.54) is 0 Å². The molecule has 0 aliphatic heterocycles. The highest BCUT2D eigenvalue weighted by molar-refractivity contribution is 5.91. The number of benzene rings is 4. The first-order chi connectivity index (χ1) is 21.6. The summed E-state index contributed by atoms with van der Waals surface area (Å²) in [6.45, 7) is 11.0. The predicted octanol–water partition coefficient (Wildman–Crippen LogP) is 6.91. The summed E-state index contributed by atoms with van der Waals surface area (Å²) in [6.07, 6.45) is 2.18. The molecule has 0 saturated heterocycles. The van der Waals surface area contributed by atoms with Crippen LogP contribution in [-0.4, -0.2) is 23.9 Å². The molecule has 0 bridgehead atoms. The van der Waals surface area contributed by atoms with E-state index in [-0.39, 0.29) is 13.2 Å². The van der Waals surface area contributed by atoms with E-state index in [0.29, 0.717) is 22.6 Å². The summed E-state index contributed by atoms with van der Waals surface area (Å²) in [6, 6.07) is 27.8. The third kappa shape index (κ3) is 8.64. The summed E-state index contributed by atoms with van der Waals surface area (Å²) in [4.78, 5) is 47.7. The molecule has 8 heteroatoms. The van der Waals surface area contributed by atoms with Crippen LogP contribution in [-0.2, 0) is 37.7 Å².